The van der Waals surface area contributed by atoms with Crippen molar-refractivity contribution in [1.82, 2.24) is 10.2 Å². The molecule has 0 saturated carbocycles. The van der Waals surface area contributed by atoms with E-state index in [9.17, 15) is 4.79 Å². The van der Waals surface area contributed by atoms with Crippen molar-refractivity contribution in [2.45, 2.75) is 40.2 Å². The highest BCUT2D eigenvalue weighted by atomic mass is 16.1. The van der Waals surface area contributed by atoms with Gasteiger partial charge < -0.3 is 10.2 Å². The van der Waals surface area contributed by atoms with Crippen LogP contribution in [-0.2, 0) is 4.79 Å². The Balaban J connectivity index is 0.00000144. The molecule has 0 aromatic carbocycles. The molecule has 0 aromatic heterocycles. The van der Waals surface area contributed by atoms with Gasteiger partial charge in [-0.15, -0.1) is 0 Å². The van der Waals surface area contributed by atoms with Crippen LogP contribution in [0.15, 0.2) is 0 Å². The lowest BCUT2D eigenvalue weighted by Crippen LogP contribution is -2.35. The highest BCUT2D eigenvalue weighted by Crippen LogP contribution is 2.08. The summed E-state index contributed by atoms with van der Waals surface area (Å²) in [7, 11) is 0. The summed E-state index contributed by atoms with van der Waals surface area (Å²) in [5.41, 5.74) is 0. The highest BCUT2D eigenvalue weighted by molar-refractivity contribution is 5.73. The molecule has 3 nitrogen and oxygen atoms in total. The van der Waals surface area contributed by atoms with E-state index in [0.717, 1.165) is 26.1 Å². The van der Waals surface area contributed by atoms with Crippen LogP contribution in [0, 0.1) is 0 Å². The molecule has 1 heterocycles. The molecule has 13 heavy (non-hydrogen) atoms. The third-order valence-electron chi connectivity index (χ3n) is 2.22. The maximum absolute atomic E-state index is 10.7. The molecule has 0 aromatic rings. The molecule has 3 heteroatoms. The second-order valence-corrected chi connectivity index (χ2v) is 3.49. The molecule has 1 aliphatic heterocycles. The molecular weight excluding hydrogens is 164 g/mol. The van der Waals surface area contributed by atoms with Crippen molar-refractivity contribution in [1.29, 1.82) is 0 Å². The smallest absolute Gasteiger partial charge is 0.217 e. The number of rotatable bonds is 3. The van der Waals surface area contributed by atoms with E-state index in [2.05, 4.69) is 17.1 Å². The molecule has 1 unspecified atom stereocenters. The molecule has 0 spiro atoms. The molecule has 78 valence electrons. The monoisotopic (exact) mass is 186 g/mol. The zero-order valence-corrected chi connectivity index (χ0v) is 7.97. The summed E-state index contributed by atoms with van der Waals surface area (Å²) in [5, 5.41) is 2.95. The van der Waals surface area contributed by atoms with E-state index in [1.807, 2.05) is 0 Å². The van der Waals surface area contributed by atoms with Crippen LogP contribution in [0.3, 0.4) is 0 Å². The second-order valence-electron chi connectivity index (χ2n) is 3.49. The van der Waals surface area contributed by atoms with E-state index < -0.39 is 0 Å². The largest absolute Gasteiger partial charge is 0.352 e. The minimum Gasteiger partial charge on any atom is -0.352 e. The van der Waals surface area contributed by atoms with Gasteiger partial charge in [-0.2, -0.15) is 0 Å². The van der Waals surface area contributed by atoms with Gasteiger partial charge in [-0.3, -0.25) is 4.79 Å². The van der Waals surface area contributed by atoms with Gasteiger partial charge in [0.05, 0.1) is 0 Å². The van der Waals surface area contributed by atoms with Crippen molar-refractivity contribution in [3.63, 3.8) is 0 Å². The van der Waals surface area contributed by atoms with E-state index in [-0.39, 0.29) is 13.3 Å². The van der Waals surface area contributed by atoms with Gasteiger partial charge >= 0.3 is 0 Å². The van der Waals surface area contributed by atoms with Crippen LogP contribution in [0.5, 0.6) is 0 Å². The fourth-order valence-corrected chi connectivity index (χ4v) is 1.76. The predicted octanol–water partition coefficient (Wildman–Crippen LogP) is 1.24. The van der Waals surface area contributed by atoms with Crippen LogP contribution in [0.1, 0.15) is 34.1 Å². The first-order chi connectivity index (χ1) is 5.72. The van der Waals surface area contributed by atoms with Crippen molar-refractivity contribution in [3.8, 4) is 0 Å². The normalized spacial score (nSPS) is 22.5. The summed E-state index contributed by atoms with van der Waals surface area (Å²) in [6.45, 7) is 7.11. The number of carbonyl (C=O) groups excluding carboxylic acids is 1. The van der Waals surface area contributed by atoms with Gasteiger partial charge in [0, 0.05) is 26.1 Å². The van der Waals surface area contributed by atoms with Crippen LogP contribution in [0.4, 0.5) is 0 Å². The summed E-state index contributed by atoms with van der Waals surface area (Å²) in [4.78, 5) is 13.1. The van der Waals surface area contributed by atoms with Gasteiger partial charge in [-0.1, -0.05) is 14.4 Å². The van der Waals surface area contributed by atoms with Crippen LogP contribution in [0.2, 0.25) is 0 Å². The second kappa shape index (κ2) is 5.97. The Morgan fingerprint density at radius 1 is 1.62 bits per heavy atom. The minimum atomic E-state index is 0. The van der Waals surface area contributed by atoms with Gasteiger partial charge in [0.15, 0.2) is 0 Å². The standard InChI is InChI=1S/C9H18N2O.CH4/c1-3-5-11-6-4-9(7-11)10-8(2)12;/h9H,3-7H2,1-2H3,(H,10,12);1H4. The molecule has 1 fully saturated rings. The van der Waals surface area contributed by atoms with E-state index in [1.54, 1.807) is 6.92 Å². The van der Waals surface area contributed by atoms with Crippen LogP contribution in [-0.4, -0.2) is 36.5 Å². The number of carbonyl (C=O) groups is 1. The fraction of sp³-hybridized carbons (Fsp3) is 0.900. The summed E-state index contributed by atoms with van der Waals surface area (Å²) in [6, 6.07) is 0.397. The van der Waals surface area contributed by atoms with E-state index in [0.29, 0.717) is 6.04 Å². The molecule has 0 aliphatic carbocycles. The third-order valence-corrected chi connectivity index (χ3v) is 2.22. The molecule has 1 amide bonds. The zero-order valence-electron chi connectivity index (χ0n) is 7.97. The first-order valence-corrected chi connectivity index (χ1v) is 4.72. The molecule has 1 saturated heterocycles. The summed E-state index contributed by atoms with van der Waals surface area (Å²) >= 11 is 0. The van der Waals surface area contributed by atoms with E-state index in [4.69, 9.17) is 0 Å². The average Bonchev–Trinajstić information content (AvgIpc) is 2.36. The van der Waals surface area contributed by atoms with Crippen molar-refractivity contribution >= 4 is 5.91 Å². The summed E-state index contributed by atoms with van der Waals surface area (Å²) in [6.07, 6.45) is 2.31. The fourth-order valence-electron chi connectivity index (χ4n) is 1.76. The lowest BCUT2D eigenvalue weighted by atomic mass is 10.3. The van der Waals surface area contributed by atoms with Crippen molar-refractivity contribution in [2.24, 2.45) is 0 Å². The molecule has 0 bridgehead atoms. The Morgan fingerprint density at radius 3 is 2.85 bits per heavy atom. The Labute approximate surface area is 81.5 Å². The number of hydrogen-bond acceptors (Lipinski definition) is 2. The summed E-state index contributed by atoms with van der Waals surface area (Å²) < 4.78 is 0. The van der Waals surface area contributed by atoms with Crippen molar-refractivity contribution in [3.05, 3.63) is 0 Å². The number of likely N-dealkylation sites (tertiary alicyclic amines) is 1. The molecule has 0 radical (unpaired) electrons. The quantitative estimate of drug-likeness (QED) is 0.719. The van der Waals surface area contributed by atoms with Crippen LogP contribution >= 0.6 is 0 Å². The lowest BCUT2D eigenvalue weighted by molar-refractivity contribution is -0.119. The first kappa shape index (κ1) is 12.4. The number of nitrogens with one attached hydrogen (secondary N) is 1. The average molecular weight is 186 g/mol. The minimum absolute atomic E-state index is 0. The van der Waals surface area contributed by atoms with Gasteiger partial charge in [-0.25, -0.2) is 0 Å². The Bertz CT molecular complexity index is 159. The van der Waals surface area contributed by atoms with E-state index >= 15 is 0 Å². The maximum Gasteiger partial charge on any atom is 0.217 e. The first-order valence-electron chi connectivity index (χ1n) is 4.72. The number of amides is 1. The molecule has 1 atom stereocenters. The van der Waals surface area contributed by atoms with Gasteiger partial charge in [0.1, 0.15) is 0 Å². The maximum atomic E-state index is 10.7. The third kappa shape index (κ3) is 4.27. The van der Waals surface area contributed by atoms with Crippen LogP contribution in [0.25, 0.3) is 0 Å². The molecule has 1 aliphatic rings. The number of nitrogens with zero attached hydrogens (tertiary/aromatic N) is 1. The summed E-state index contributed by atoms with van der Waals surface area (Å²) in [5.74, 6) is 0.0957. The molecule has 1 N–H and O–H groups in total. The topological polar surface area (TPSA) is 32.3 Å². The Morgan fingerprint density at radius 2 is 2.31 bits per heavy atom. The van der Waals surface area contributed by atoms with Crippen molar-refractivity contribution < 1.29 is 4.79 Å². The number of hydrogen-bond donors (Lipinski definition) is 1. The molecular formula is C10H22N2O. The highest BCUT2D eigenvalue weighted by Gasteiger charge is 2.21. The van der Waals surface area contributed by atoms with E-state index in [1.165, 1.54) is 6.42 Å². The van der Waals surface area contributed by atoms with Gasteiger partial charge in [0.25, 0.3) is 0 Å². The SMILES string of the molecule is C.CCCN1CCC(NC(C)=O)C1. The zero-order chi connectivity index (χ0) is 8.97. The lowest BCUT2D eigenvalue weighted by Gasteiger charge is -2.14. The Hall–Kier alpha value is -0.570. The van der Waals surface area contributed by atoms with Crippen molar-refractivity contribution in [2.75, 3.05) is 19.6 Å². The molecule has 1 rings (SSSR count). The Kier molecular flexibility index (Phi) is 5.71. The van der Waals surface area contributed by atoms with Crippen LogP contribution < -0.4 is 5.32 Å². The van der Waals surface area contributed by atoms with Gasteiger partial charge in [0.2, 0.25) is 5.91 Å². The predicted molar refractivity (Wildman–Crippen MR) is 55.7 cm³/mol. The van der Waals surface area contributed by atoms with Gasteiger partial charge in [-0.05, 0) is 19.4 Å².